The summed E-state index contributed by atoms with van der Waals surface area (Å²) in [6, 6.07) is 9.55. The molecule has 0 saturated heterocycles. The van der Waals surface area contributed by atoms with Crippen LogP contribution in [0, 0.1) is 0 Å². The largest absolute Gasteiger partial charge is 0.331 e. The zero-order valence-corrected chi connectivity index (χ0v) is 14.2. The summed E-state index contributed by atoms with van der Waals surface area (Å²) in [5.41, 5.74) is 3.50. The number of aromatic nitrogens is 2. The van der Waals surface area contributed by atoms with Crippen LogP contribution in [0.2, 0.25) is 0 Å². The fourth-order valence-corrected chi connectivity index (χ4v) is 3.53. The van der Waals surface area contributed by atoms with Gasteiger partial charge in [0.1, 0.15) is 15.7 Å². The lowest BCUT2D eigenvalue weighted by Crippen LogP contribution is -2.27. The first kappa shape index (κ1) is 15.6. The number of amides is 2. The van der Waals surface area contributed by atoms with Gasteiger partial charge in [-0.15, -0.1) is 22.7 Å². The van der Waals surface area contributed by atoms with Gasteiger partial charge in [0.05, 0.1) is 12.1 Å². The molecule has 0 spiro atoms. The third kappa shape index (κ3) is 3.94. The van der Waals surface area contributed by atoms with Gasteiger partial charge in [-0.3, -0.25) is 5.32 Å². The Hall–Kier alpha value is -2.25. The Labute approximate surface area is 142 Å². The van der Waals surface area contributed by atoms with E-state index in [1.165, 1.54) is 16.2 Å². The number of rotatable bonds is 5. The van der Waals surface area contributed by atoms with Crippen molar-refractivity contribution in [3.8, 4) is 11.3 Å². The Kier molecular flexibility index (Phi) is 4.99. The fraction of sp³-hybridized carbons (Fsp3) is 0.188. The van der Waals surface area contributed by atoms with Crippen LogP contribution >= 0.6 is 22.7 Å². The van der Waals surface area contributed by atoms with Crippen LogP contribution < -0.4 is 10.6 Å². The first-order chi connectivity index (χ1) is 11.3. The van der Waals surface area contributed by atoms with Crippen molar-refractivity contribution >= 4 is 33.7 Å². The van der Waals surface area contributed by atoms with Gasteiger partial charge in [-0.25, -0.2) is 14.8 Å². The number of nitrogens with zero attached hydrogens (tertiary/aromatic N) is 2. The van der Waals surface area contributed by atoms with E-state index in [0.717, 1.165) is 27.7 Å². The minimum absolute atomic E-state index is 0.250. The van der Waals surface area contributed by atoms with Crippen LogP contribution in [-0.4, -0.2) is 16.0 Å². The van der Waals surface area contributed by atoms with Crippen LogP contribution in [0.25, 0.3) is 11.3 Å². The summed E-state index contributed by atoms with van der Waals surface area (Å²) in [5.74, 6) is 0. The molecule has 0 saturated carbocycles. The topological polar surface area (TPSA) is 66.9 Å². The van der Waals surface area contributed by atoms with Crippen LogP contribution in [0.1, 0.15) is 16.8 Å². The van der Waals surface area contributed by atoms with Crippen molar-refractivity contribution in [2.75, 3.05) is 5.32 Å². The number of aryl methyl sites for hydroxylation is 1. The van der Waals surface area contributed by atoms with Crippen molar-refractivity contribution in [2.24, 2.45) is 0 Å². The van der Waals surface area contributed by atoms with E-state index < -0.39 is 0 Å². The number of nitrogens with one attached hydrogen (secondary N) is 2. The molecule has 0 aliphatic carbocycles. The highest BCUT2D eigenvalue weighted by molar-refractivity contribution is 7.14. The Bertz CT molecular complexity index is 782. The Morgan fingerprint density at radius 3 is 2.78 bits per heavy atom. The molecule has 0 aliphatic heterocycles. The molecule has 2 heterocycles. The maximum absolute atomic E-state index is 12.1. The van der Waals surface area contributed by atoms with Gasteiger partial charge in [0.2, 0.25) is 0 Å². The van der Waals surface area contributed by atoms with Gasteiger partial charge in [-0.2, -0.15) is 0 Å². The standard InChI is InChI=1S/C16H16N4OS2/c1-2-12-8-17-13(23-12)9-18-16(21)20-15-14(19-10-22-15)11-6-4-3-5-7-11/h3-8,10H,2,9H2,1H3,(H2,18,20,21). The summed E-state index contributed by atoms with van der Waals surface area (Å²) in [6.45, 7) is 2.52. The summed E-state index contributed by atoms with van der Waals surface area (Å²) in [6.07, 6.45) is 2.82. The van der Waals surface area contributed by atoms with E-state index in [0.29, 0.717) is 6.54 Å². The molecular weight excluding hydrogens is 328 g/mol. The molecular formula is C16H16N4OS2. The molecule has 118 valence electrons. The molecule has 2 N–H and O–H groups in total. The molecule has 2 amide bonds. The van der Waals surface area contributed by atoms with E-state index in [1.807, 2.05) is 36.5 Å². The molecule has 0 aliphatic rings. The minimum atomic E-state index is -0.250. The maximum Gasteiger partial charge on any atom is 0.320 e. The zero-order valence-electron chi connectivity index (χ0n) is 12.6. The van der Waals surface area contributed by atoms with E-state index in [-0.39, 0.29) is 6.03 Å². The van der Waals surface area contributed by atoms with Crippen molar-refractivity contribution in [3.05, 3.63) is 51.9 Å². The second kappa shape index (κ2) is 7.34. The summed E-state index contributed by atoms with van der Waals surface area (Å²) < 4.78 is 0. The van der Waals surface area contributed by atoms with Crippen molar-refractivity contribution in [2.45, 2.75) is 19.9 Å². The molecule has 7 heteroatoms. The number of hydrogen-bond acceptors (Lipinski definition) is 5. The molecule has 3 rings (SSSR count). The SMILES string of the molecule is CCc1cnc(CNC(=O)Nc2scnc2-c2ccccc2)s1. The number of hydrogen-bond donors (Lipinski definition) is 2. The Morgan fingerprint density at radius 2 is 2.04 bits per heavy atom. The average molecular weight is 344 g/mol. The third-order valence-electron chi connectivity index (χ3n) is 3.19. The Balaban J connectivity index is 1.61. The van der Waals surface area contributed by atoms with Gasteiger partial charge in [-0.1, -0.05) is 37.3 Å². The molecule has 23 heavy (non-hydrogen) atoms. The second-order valence-electron chi connectivity index (χ2n) is 4.78. The van der Waals surface area contributed by atoms with E-state index in [1.54, 1.807) is 16.8 Å². The lowest BCUT2D eigenvalue weighted by molar-refractivity contribution is 0.252. The monoisotopic (exact) mass is 344 g/mol. The number of carbonyl (C=O) groups excluding carboxylic acids is 1. The molecule has 3 aromatic rings. The molecule has 0 radical (unpaired) electrons. The summed E-state index contributed by atoms with van der Waals surface area (Å²) in [5, 5.41) is 7.34. The van der Waals surface area contributed by atoms with Gasteiger partial charge < -0.3 is 5.32 Å². The number of carbonyl (C=O) groups is 1. The number of thiazole rings is 2. The maximum atomic E-state index is 12.1. The number of urea groups is 1. The van der Waals surface area contributed by atoms with Crippen molar-refractivity contribution in [1.82, 2.24) is 15.3 Å². The van der Waals surface area contributed by atoms with Crippen LogP contribution in [0.4, 0.5) is 9.80 Å². The quantitative estimate of drug-likeness (QED) is 0.730. The summed E-state index contributed by atoms with van der Waals surface area (Å²) in [7, 11) is 0. The highest BCUT2D eigenvalue weighted by Crippen LogP contribution is 2.30. The fourth-order valence-electron chi connectivity index (χ4n) is 2.03. The van der Waals surface area contributed by atoms with Gasteiger partial charge in [0, 0.05) is 16.6 Å². The minimum Gasteiger partial charge on any atom is -0.331 e. The van der Waals surface area contributed by atoms with E-state index in [4.69, 9.17) is 0 Å². The predicted molar refractivity (Wildman–Crippen MR) is 94.9 cm³/mol. The highest BCUT2D eigenvalue weighted by atomic mass is 32.1. The molecule has 0 fully saturated rings. The molecule has 0 atom stereocenters. The van der Waals surface area contributed by atoms with E-state index in [9.17, 15) is 4.79 Å². The molecule has 0 unspecified atom stereocenters. The van der Waals surface area contributed by atoms with Crippen molar-refractivity contribution < 1.29 is 4.79 Å². The van der Waals surface area contributed by atoms with Crippen LogP contribution in [0.15, 0.2) is 42.0 Å². The first-order valence-corrected chi connectivity index (χ1v) is 8.93. The number of anilines is 1. The van der Waals surface area contributed by atoms with Crippen LogP contribution in [-0.2, 0) is 13.0 Å². The summed E-state index contributed by atoms with van der Waals surface area (Å²) in [4.78, 5) is 21.9. The lowest BCUT2D eigenvalue weighted by Gasteiger charge is -2.06. The average Bonchev–Trinajstić information content (AvgIpc) is 3.22. The van der Waals surface area contributed by atoms with E-state index >= 15 is 0 Å². The second-order valence-corrected chi connectivity index (χ2v) is 6.83. The molecule has 0 bridgehead atoms. The van der Waals surface area contributed by atoms with Crippen molar-refractivity contribution in [1.29, 1.82) is 0 Å². The van der Waals surface area contributed by atoms with E-state index in [2.05, 4.69) is 27.5 Å². The van der Waals surface area contributed by atoms with Crippen molar-refractivity contribution in [3.63, 3.8) is 0 Å². The van der Waals surface area contributed by atoms with Crippen LogP contribution in [0.5, 0.6) is 0 Å². The lowest BCUT2D eigenvalue weighted by atomic mass is 10.2. The summed E-state index contributed by atoms with van der Waals surface area (Å²) >= 11 is 3.03. The van der Waals surface area contributed by atoms with Gasteiger partial charge in [0.25, 0.3) is 0 Å². The zero-order chi connectivity index (χ0) is 16.1. The smallest absolute Gasteiger partial charge is 0.320 e. The molecule has 1 aromatic carbocycles. The van der Waals surface area contributed by atoms with Gasteiger partial charge in [0.15, 0.2) is 0 Å². The van der Waals surface area contributed by atoms with Gasteiger partial charge >= 0.3 is 6.03 Å². The number of benzene rings is 1. The first-order valence-electron chi connectivity index (χ1n) is 7.23. The molecule has 5 nitrogen and oxygen atoms in total. The third-order valence-corrected chi connectivity index (χ3v) is 5.08. The Morgan fingerprint density at radius 1 is 1.22 bits per heavy atom. The van der Waals surface area contributed by atoms with Gasteiger partial charge in [-0.05, 0) is 6.42 Å². The highest BCUT2D eigenvalue weighted by Gasteiger charge is 2.11. The molecule has 2 aromatic heterocycles. The normalized spacial score (nSPS) is 10.5. The van der Waals surface area contributed by atoms with Crippen LogP contribution in [0.3, 0.4) is 0 Å². The predicted octanol–water partition coefficient (Wildman–Crippen LogP) is 4.15.